The molecule has 6 nitrogen and oxygen atoms in total. The number of rotatable bonds is 7. The quantitative estimate of drug-likeness (QED) is 0.703. The van der Waals surface area contributed by atoms with Crippen molar-refractivity contribution in [1.29, 1.82) is 0 Å². The monoisotopic (exact) mass is 444 g/mol. The predicted molar refractivity (Wildman–Crippen MR) is 127 cm³/mol. The number of hydrogen-bond donors (Lipinski definition) is 1. The van der Waals surface area contributed by atoms with Gasteiger partial charge in [0, 0.05) is 13.0 Å². The summed E-state index contributed by atoms with van der Waals surface area (Å²) in [5.41, 5.74) is 1.46. The van der Waals surface area contributed by atoms with Crippen LogP contribution < -0.4 is 14.8 Å². The average molecular weight is 445 g/mol. The number of hydrogen-bond acceptors (Lipinski definition) is 4. The summed E-state index contributed by atoms with van der Waals surface area (Å²) < 4.78 is 11.5. The molecule has 2 aromatic rings. The molecule has 2 unspecified atom stereocenters. The Balaban J connectivity index is 1.52. The Labute approximate surface area is 194 Å². The maximum absolute atomic E-state index is 13.5. The third-order valence-electron chi connectivity index (χ3n) is 5.75. The van der Waals surface area contributed by atoms with Crippen LogP contribution in [0.25, 0.3) is 0 Å². The van der Waals surface area contributed by atoms with Crippen LogP contribution in [0.4, 0.5) is 0 Å². The first-order chi connectivity index (χ1) is 16.2. The molecule has 4 rings (SSSR count). The van der Waals surface area contributed by atoms with Crippen LogP contribution in [0.3, 0.4) is 0 Å². The molecule has 2 aromatic carbocycles. The van der Waals surface area contributed by atoms with Gasteiger partial charge in [-0.1, -0.05) is 60.7 Å². The van der Waals surface area contributed by atoms with Crippen molar-refractivity contribution in [3.8, 4) is 11.5 Å². The van der Waals surface area contributed by atoms with E-state index in [1.165, 1.54) is 7.11 Å². The molecule has 1 aliphatic carbocycles. The van der Waals surface area contributed by atoms with Crippen LogP contribution in [0.5, 0.6) is 11.5 Å². The smallest absolute Gasteiger partial charge is 0.258 e. The minimum Gasteiger partial charge on any atom is -0.496 e. The van der Waals surface area contributed by atoms with E-state index in [-0.39, 0.29) is 17.9 Å². The van der Waals surface area contributed by atoms with Gasteiger partial charge >= 0.3 is 0 Å². The van der Waals surface area contributed by atoms with E-state index in [4.69, 9.17) is 9.47 Å². The van der Waals surface area contributed by atoms with Gasteiger partial charge in [0.25, 0.3) is 5.91 Å². The van der Waals surface area contributed by atoms with Crippen LogP contribution in [0.1, 0.15) is 23.2 Å². The molecule has 1 aliphatic heterocycles. The Hall–Kier alpha value is -3.80. The number of para-hydroxylation sites is 2. The number of likely N-dealkylation sites (tertiary alicyclic amines) is 1. The van der Waals surface area contributed by atoms with E-state index in [0.717, 1.165) is 17.7 Å². The Bertz CT molecular complexity index is 1070. The second-order valence-corrected chi connectivity index (χ2v) is 7.98. The molecule has 1 saturated heterocycles. The van der Waals surface area contributed by atoms with Gasteiger partial charge in [0.2, 0.25) is 5.91 Å². The van der Waals surface area contributed by atoms with Crippen LogP contribution in [0.15, 0.2) is 90.6 Å². The lowest BCUT2D eigenvalue weighted by molar-refractivity contribution is -0.124. The number of nitrogens with one attached hydrogen (secondary N) is 1. The van der Waals surface area contributed by atoms with Gasteiger partial charge in [-0.2, -0.15) is 0 Å². The molecule has 170 valence electrons. The number of amides is 2. The number of methoxy groups -OCH3 is 1. The lowest BCUT2D eigenvalue weighted by Gasteiger charge is -2.24. The van der Waals surface area contributed by atoms with Crippen molar-refractivity contribution in [3.63, 3.8) is 0 Å². The predicted octanol–water partition coefficient (Wildman–Crippen LogP) is 3.92. The van der Waals surface area contributed by atoms with E-state index in [1.54, 1.807) is 23.1 Å². The lowest BCUT2D eigenvalue weighted by atomic mass is 10.1. The van der Waals surface area contributed by atoms with E-state index in [1.807, 2.05) is 54.6 Å². The lowest BCUT2D eigenvalue weighted by Crippen LogP contribution is -2.46. The SMILES string of the molecule is COc1ccccc1C(=O)N1CC(Oc2ccccc2)CC1C(=O)NCC1=CCC=CC=C1. The van der Waals surface area contributed by atoms with Crippen LogP contribution in [0, 0.1) is 0 Å². The average Bonchev–Trinajstić information content (AvgIpc) is 3.09. The second kappa shape index (κ2) is 10.7. The molecule has 1 N–H and O–H groups in total. The summed E-state index contributed by atoms with van der Waals surface area (Å²) in [5.74, 6) is 0.762. The number of benzene rings is 2. The van der Waals surface area contributed by atoms with Crippen molar-refractivity contribution in [2.24, 2.45) is 0 Å². The third kappa shape index (κ3) is 5.52. The van der Waals surface area contributed by atoms with Crippen LogP contribution >= 0.6 is 0 Å². The van der Waals surface area contributed by atoms with Gasteiger partial charge < -0.3 is 19.7 Å². The van der Waals surface area contributed by atoms with Crippen molar-refractivity contribution in [2.75, 3.05) is 20.2 Å². The maximum atomic E-state index is 13.5. The molecule has 0 spiro atoms. The molecule has 0 radical (unpaired) electrons. The fourth-order valence-corrected chi connectivity index (χ4v) is 4.09. The zero-order valence-corrected chi connectivity index (χ0v) is 18.6. The molecule has 2 atom stereocenters. The standard InChI is InChI=1S/C27H28N2O4/c1-32-25-16-10-9-15-23(25)27(31)29-19-22(33-21-13-7-4-8-14-21)17-24(29)26(30)28-18-20-11-5-2-3-6-12-20/h2-5,7-16,22,24H,6,17-19H2,1H3,(H,28,30). The van der Waals surface area contributed by atoms with Gasteiger partial charge in [-0.3, -0.25) is 9.59 Å². The van der Waals surface area contributed by atoms with E-state index in [9.17, 15) is 9.59 Å². The molecule has 0 bridgehead atoms. The van der Waals surface area contributed by atoms with Crippen molar-refractivity contribution in [2.45, 2.75) is 25.0 Å². The van der Waals surface area contributed by atoms with E-state index < -0.39 is 6.04 Å². The molecule has 2 aliphatic rings. The maximum Gasteiger partial charge on any atom is 0.258 e. The fourth-order valence-electron chi connectivity index (χ4n) is 4.09. The minimum atomic E-state index is -0.635. The van der Waals surface area contributed by atoms with E-state index in [0.29, 0.717) is 30.8 Å². The van der Waals surface area contributed by atoms with Gasteiger partial charge in [-0.05, 0) is 36.3 Å². The highest BCUT2D eigenvalue weighted by Gasteiger charge is 2.41. The highest BCUT2D eigenvalue weighted by atomic mass is 16.5. The summed E-state index contributed by atoms with van der Waals surface area (Å²) in [6, 6.07) is 15.9. The molecular formula is C27H28N2O4. The molecule has 0 aromatic heterocycles. The zero-order valence-electron chi connectivity index (χ0n) is 18.6. The van der Waals surface area contributed by atoms with Crippen molar-refractivity contribution < 1.29 is 19.1 Å². The Morgan fingerprint density at radius 2 is 1.85 bits per heavy atom. The second-order valence-electron chi connectivity index (χ2n) is 7.98. The van der Waals surface area contributed by atoms with E-state index >= 15 is 0 Å². The summed E-state index contributed by atoms with van der Waals surface area (Å²) in [7, 11) is 1.53. The fraction of sp³-hybridized carbons (Fsp3) is 0.259. The molecule has 1 fully saturated rings. The third-order valence-corrected chi connectivity index (χ3v) is 5.75. The first kappa shape index (κ1) is 22.4. The van der Waals surface area contributed by atoms with Gasteiger partial charge in [0.05, 0.1) is 19.2 Å². The molecule has 2 amide bonds. The highest BCUT2D eigenvalue weighted by molar-refractivity contribution is 6.00. The largest absolute Gasteiger partial charge is 0.496 e. The van der Waals surface area contributed by atoms with Crippen LogP contribution in [0.2, 0.25) is 0 Å². The summed E-state index contributed by atoms with van der Waals surface area (Å²) in [5, 5.41) is 3.00. The highest BCUT2D eigenvalue weighted by Crippen LogP contribution is 2.28. The number of carbonyl (C=O) groups is 2. The number of nitrogens with zero attached hydrogens (tertiary/aromatic N) is 1. The van der Waals surface area contributed by atoms with Crippen molar-refractivity contribution in [3.05, 3.63) is 96.1 Å². The number of allylic oxidation sites excluding steroid dienone is 4. The van der Waals surface area contributed by atoms with Crippen LogP contribution in [-0.4, -0.2) is 49.1 Å². The number of ether oxygens (including phenoxy) is 2. The molecule has 33 heavy (non-hydrogen) atoms. The van der Waals surface area contributed by atoms with Crippen molar-refractivity contribution >= 4 is 11.8 Å². The zero-order chi connectivity index (χ0) is 23.0. The molecular weight excluding hydrogens is 416 g/mol. The molecule has 6 heteroatoms. The topological polar surface area (TPSA) is 67.9 Å². The molecule has 0 saturated carbocycles. The Morgan fingerprint density at radius 3 is 2.67 bits per heavy atom. The van der Waals surface area contributed by atoms with Gasteiger partial charge in [0.1, 0.15) is 23.6 Å². The summed E-state index contributed by atoms with van der Waals surface area (Å²) in [4.78, 5) is 28.3. The Kier molecular flexibility index (Phi) is 7.25. The molecule has 1 heterocycles. The summed E-state index contributed by atoms with van der Waals surface area (Å²) >= 11 is 0. The van der Waals surface area contributed by atoms with E-state index in [2.05, 4.69) is 17.5 Å². The Morgan fingerprint density at radius 1 is 1.06 bits per heavy atom. The normalized spacial score (nSPS) is 19.5. The van der Waals surface area contributed by atoms with Gasteiger partial charge in [-0.15, -0.1) is 0 Å². The van der Waals surface area contributed by atoms with Crippen molar-refractivity contribution in [1.82, 2.24) is 10.2 Å². The van der Waals surface area contributed by atoms with Gasteiger partial charge in [-0.25, -0.2) is 0 Å². The van der Waals surface area contributed by atoms with Crippen LogP contribution in [-0.2, 0) is 4.79 Å². The summed E-state index contributed by atoms with van der Waals surface area (Å²) in [6.07, 6.45) is 11.0. The number of carbonyl (C=O) groups excluding carboxylic acids is 2. The minimum absolute atomic E-state index is 0.191. The van der Waals surface area contributed by atoms with Gasteiger partial charge in [0.15, 0.2) is 0 Å². The first-order valence-electron chi connectivity index (χ1n) is 11.1. The summed E-state index contributed by atoms with van der Waals surface area (Å²) in [6.45, 7) is 0.727. The first-order valence-corrected chi connectivity index (χ1v) is 11.1.